The van der Waals surface area contributed by atoms with Gasteiger partial charge in [0.05, 0.1) is 12.5 Å². The molecule has 20 heavy (non-hydrogen) atoms. The lowest BCUT2D eigenvalue weighted by Crippen LogP contribution is -2.49. The first kappa shape index (κ1) is 16.2. The van der Waals surface area contributed by atoms with Crippen LogP contribution in [0.25, 0.3) is 0 Å². The Morgan fingerprint density at radius 3 is 2.60 bits per heavy atom. The molecule has 1 fully saturated rings. The van der Waals surface area contributed by atoms with Crippen molar-refractivity contribution in [2.75, 3.05) is 33.7 Å². The predicted molar refractivity (Wildman–Crippen MR) is 70.0 cm³/mol. The van der Waals surface area contributed by atoms with Crippen LogP contribution in [0.3, 0.4) is 0 Å². The highest BCUT2D eigenvalue weighted by Crippen LogP contribution is 2.17. The van der Waals surface area contributed by atoms with Gasteiger partial charge in [-0.3, -0.25) is 4.79 Å². The van der Waals surface area contributed by atoms with E-state index in [2.05, 4.69) is 5.32 Å². The van der Waals surface area contributed by atoms with Crippen molar-refractivity contribution in [3.8, 4) is 0 Å². The van der Waals surface area contributed by atoms with Crippen molar-refractivity contribution >= 4 is 17.9 Å². The molecular weight excluding hydrogens is 266 g/mol. The van der Waals surface area contributed by atoms with Crippen molar-refractivity contribution in [2.45, 2.75) is 18.9 Å². The third-order valence-electron chi connectivity index (χ3n) is 3.20. The zero-order valence-electron chi connectivity index (χ0n) is 11.7. The third-order valence-corrected chi connectivity index (χ3v) is 3.20. The Kier molecular flexibility index (Phi) is 5.75. The fourth-order valence-corrected chi connectivity index (χ4v) is 2.08. The van der Waals surface area contributed by atoms with Gasteiger partial charge in [0.1, 0.15) is 0 Å². The smallest absolute Gasteiger partial charge is 0.334 e. The monoisotopic (exact) mass is 287 g/mol. The third kappa shape index (κ3) is 4.37. The first-order valence-electron chi connectivity index (χ1n) is 6.47. The molecule has 2 atom stereocenters. The maximum absolute atomic E-state index is 11.9. The van der Waals surface area contributed by atoms with E-state index in [0.29, 0.717) is 19.5 Å². The molecule has 3 amide bonds. The van der Waals surface area contributed by atoms with E-state index >= 15 is 0 Å². The van der Waals surface area contributed by atoms with E-state index in [1.54, 1.807) is 19.0 Å². The molecule has 1 aliphatic rings. The molecule has 1 heterocycles. The summed E-state index contributed by atoms with van der Waals surface area (Å²) in [6.07, 6.45) is -0.243. The number of carboxylic acids is 1. The van der Waals surface area contributed by atoms with Crippen molar-refractivity contribution in [3.63, 3.8) is 0 Å². The number of carboxylic acid groups (broad SMARTS) is 1. The number of carbonyl (C=O) groups excluding carboxylic acids is 2. The molecule has 0 spiro atoms. The Labute approximate surface area is 117 Å². The van der Waals surface area contributed by atoms with Gasteiger partial charge in [-0.1, -0.05) is 0 Å². The summed E-state index contributed by atoms with van der Waals surface area (Å²) in [5, 5.41) is 20.0. The Balaban J connectivity index is 2.48. The summed E-state index contributed by atoms with van der Waals surface area (Å²) in [5.74, 6) is -2.08. The maximum Gasteiger partial charge on any atom is 0.334 e. The molecule has 3 N–H and O–H groups in total. The Morgan fingerprint density at radius 1 is 1.40 bits per heavy atom. The molecule has 0 aromatic carbocycles. The molecule has 0 aromatic rings. The zero-order valence-corrected chi connectivity index (χ0v) is 11.7. The molecule has 0 saturated carbocycles. The number of urea groups is 1. The number of nitrogens with zero attached hydrogens (tertiary/aromatic N) is 2. The van der Waals surface area contributed by atoms with Crippen LogP contribution in [0.1, 0.15) is 12.8 Å². The summed E-state index contributed by atoms with van der Waals surface area (Å²) in [6.45, 7) is 0.594. The van der Waals surface area contributed by atoms with Crippen LogP contribution in [0.2, 0.25) is 0 Å². The molecule has 0 aliphatic carbocycles. The molecule has 114 valence electrons. The number of piperidine rings is 1. The summed E-state index contributed by atoms with van der Waals surface area (Å²) in [5.41, 5.74) is 0. The van der Waals surface area contributed by atoms with Crippen LogP contribution in [-0.4, -0.2) is 77.8 Å². The van der Waals surface area contributed by atoms with Crippen LogP contribution in [0, 0.1) is 5.92 Å². The number of amides is 3. The lowest BCUT2D eigenvalue weighted by Gasteiger charge is -2.33. The second-order valence-corrected chi connectivity index (χ2v) is 5.06. The summed E-state index contributed by atoms with van der Waals surface area (Å²) < 4.78 is 0. The van der Waals surface area contributed by atoms with Gasteiger partial charge in [-0.25, -0.2) is 9.59 Å². The molecule has 0 radical (unpaired) electrons. The average molecular weight is 287 g/mol. The Bertz CT molecular complexity index is 385. The Morgan fingerprint density at radius 2 is 2.05 bits per heavy atom. The van der Waals surface area contributed by atoms with Crippen LogP contribution in [0.4, 0.5) is 4.79 Å². The molecule has 1 aliphatic heterocycles. The molecule has 0 aromatic heterocycles. The molecule has 1 rings (SSSR count). The van der Waals surface area contributed by atoms with Crippen molar-refractivity contribution < 1.29 is 24.6 Å². The molecule has 2 unspecified atom stereocenters. The number of carbonyl (C=O) groups is 3. The fraction of sp³-hybridized carbons (Fsp3) is 0.750. The predicted octanol–water partition coefficient (Wildman–Crippen LogP) is -1.06. The highest BCUT2D eigenvalue weighted by atomic mass is 16.4. The second kappa shape index (κ2) is 7.09. The minimum Gasteiger partial charge on any atom is -0.479 e. The summed E-state index contributed by atoms with van der Waals surface area (Å²) in [6, 6.07) is -0.145. The summed E-state index contributed by atoms with van der Waals surface area (Å²) in [4.78, 5) is 37.2. The van der Waals surface area contributed by atoms with E-state index in [9.17, 15) is 14.4 Å². The van der Waals surface area contributed by atoms with Gasteiger partial charge in [-0.2, -0.15) is 0 Å². The molecular formula is C12H21N3O5. The number of nitrogens with one attached hydrogen (secondary N) is 1. The largest absolute Gasteiger partial charge is 0.479 e. The molecule has 8 heteroatoms. The van der Waals surface area contributed by atoms with Crippen LogP contribution >= 0.6 is 0 Å². The lowest BCUT2D eigenvalue weighted by atomic mass is 9.97. The van der Waals surface area contributed by atoms with E-state index < -0.39 is 12.1 Å². The number of hydrogen-bond acceptors (Lipinski definition) is 4. The standard InChI is InChI=1S/C12H21N3O5/c1-14(2)12(20)15-5-3-4-8(7-15)10(17)13-6-9(16)11(18)19/h8-9,16H,3-7H2,1-2H3,(H,13,17)(H,18,19). The molecule has 0 bridgehead atoms. The van der Waals surface area contributed by atoms with Gasteiger partial charge in [-0.15, -0.1) is 0 Å². The number of aliphatic carboxylic acids is 1. The van der Waals surface area contributed by atoms with Crippen molar-refractivity contribution in [3.05, 3.63) is 0 Å². The zero-order chi connectivity index (χ0) is 15.3. The van der Waals surface area contributed by atoms with E-state index in [1.165, 1.54) is 4.90 Å². The average Bonchev–Trinajstić information content (AvgIpc) is 2.43. The normalized spacial score (nSPS) is 20.1. The Hall–Kier alpha value is -1.83. The van der Waals surface area contributed by atoms with Crippen LogP contribution in [0.15, 0.2) is 0 Å². The van der Waals surface area contributed by atoms with Gasteiger partial charge in [0.15, 0.2) is 6.10 Å². The number of aliphatic hydroxyl groups is 1. The number of aliphatic hydroxyl groups excluding tert-OH is 1. The highest BCUT2D eigenvalue weighted by Gasteiger charge is 2.29. The van der Waals surface area contributed by atoms with Gasteiger partial charge >= 0.3 is 12.0 Å². The first-order chi connectivity index (χ1) is 9.32. The van der Waals surface area contributed by atoms with E-state index in [1.807, 2.05) is 0 Å². The molecule has 1 saturated heterocycles. The minimum atomic E-state index is -1.61. The number of rotatable bonds is 4. The van der Waals surface area contributed by atoms with Crippen molar-refractivity contribution in [2.24, 2.45) is 5.92 Å². The van der Waals surface area contributed by atoms with Gasteiger partial charge in [0.2, 0.25) is 5.91 Å². The number of hydrogen-bond donors (Lipinski definition) is 3. The van der Waals surface area contributed by atoms with Gasteiger partial charge in [-0.05, 0) is 12.8 Å². The van der Waals surface area contributed by atoms with Crippen LogP contribution in [-0.2, 0) is 9.59 Å². The number of likely N-dealkylation sites (tertiary alicyclic amines) is 1. The van der Waals surface area contributed by atoms with E-state index in [0.717, 1.165) is 6.42 Å². The second-order valence-electron chi connectivity index (χ2n) is 5.06. The van der Waals surface area contributed by atoms with Gasteiger partial charge in [0, 0.05) is 27.2 Å². The van der Waals surface area contributed by atoms with Crippen LogP contribution in [0.5, 0.6) is 0 Å². The highest BCUT2D eigenvalue weighted by molar-refractivity contribution is 5.81. The SMILES string of the molecule is CN(C)C(=O)N1CCCC(C(=O)NCC(O)C(=O)O)C1. The fourth-order valence-electron chi connectivity index (χ4n) is 2.08. The van der Waals surface area contributed by atoms with Crippen LogP contribution < -0.4 is 5.32 Å². The van der Waals surface area contributed by atoms with Gasteiger partial charge < -0.3 is 25.3 Å². The van der Waals surface area contributed by atoms with Gasteiger partial charge in [0.25, 0.3) is 0 Å². The quantitative estimate of drug-likeness (QED) is 0.610. The van der Waals surface area contributed by atoms with Crippen molar-refractivity contribution in [1.82, 2.24) is 15.1 Å². The van der Waals surface area contributed by atoms with E-state index in [-0.39, 0.29) is 24.4 Å². The lowest BCUT2D eigenvalue weighted by molar-refractivity contribution is -0.146. The summed E-state index contributed by atoms with van der Waals surface area (Å²) in [7, 11) is 3.30. The van der Waals surface area contributed by atoms with Crippen molar-refractivity contribution in [1.29, 1.82) is 0 Å². The summed E-state index contributed by atoms with van der Waals surface area (Å²) >= 11 is 0. The van der Waals surface area contributed by atoms with E-state index in [4.69, 9.17) is 10.2 Å². The minimum absolute atomic E-state index is 0.145. The maximum atomic E-state index is 11.9. The molecule has 8 nitrogen and oxygen atoms in total. The first-order valence-corrected chi connectivity index (χ1v) is 6.47. The topological polar surface area (TPSA) is 110 Å².